The molecule has 0 atom stereocenters. The number of methoxy groups -OCH3 is 1. The van der Waals surface area contributed by atoms with Gasteiger partial charge in [0.1, 0.15) is 0 Å². The SMILES string of the molecule is COCCNCc1ccc2c3cccc-3cccc2c1. The lowest BCUT2D eigenvalue weighted by atomic mass is 10.0. The number of fused-ring (bicyclic) bond motifs is 3. The van der Waals surface area contributed by atoms with Crippen LogP contribution < -0.4 is 5.32 Å². The lowest BCUT2D eigenvalue weighted by molar-refractivity contribution is 0.199. The van der Waals surface area contributed by atoms with Gasteiger partial charge in [-0.2, -0.15) is 0 Å². The van der Waals surface area contributed by atoms with Crippen LogP contribution in [0.25, 0.3) is 21.9 Å². The van der Waals surface area contributed by atoms with Gasteiger partial charge in [-0.3, -0.25) is 0 Å². The minimum absolute atomic E-state index is 0.747. The zero-order chi connectivity index (χ0) is 13.8. The summed E-state index contributed by atoms with van der Waals surface area (Å²) in [6.07, 6.45) is 0. The zero-order valence-corrected chi connectivity index (χ0v) is 11.7. The van der Waals surface area contributed by atoms with Crippen LogP contribution in [0.5, 0.6) is 0 Å². The monoisotopic (exact) mass is 265 g/mol. The Balaban J connectivity index is 1.90. The maximum atomic E-state index is 5.04. The van der Waals surface area contributed by atoms with Crippen molar-refractivity contribution in [3.05, 3.63) is 60.2 Å². The zero-order valence-electron chi connectivity index (χ0n) is 11.7. The number of hydrogen-bond donors (Lipinski definition) is 1. The molecule has 0 radical (unpaired) electrons. The molecule has 0 spiro atoms. The Morgan fingerprint density at radius 3 is 2.70 bits per heavy atom. The third-order valence-electron chi connectivity index (χ3n) is 3.62. The van der Waals surface area contributed by atoms with Crippen LogP contribution >= 0.6 is 0 Å². The van der Waals surface area contributed by atoms with Crippen LogP contribution in [-0.4, -0.2) is 20.3 Å². The summed E-state index contributed by atoms with van der Waals surface area (Å²) in [7, 11) is 1.73. The van der Waals surface area contributed by atoms with Crippen molar-refractivity contribution in [2.75, 3.05) is 20.3 Å². The molecule has 0 unspecified atom stereocenters. The van der Waals surface area contributed by atoms with E-state index in [1.807, 2.05) is 0 Å². The first-order valence-corrected chi connectivity index (χ1v) is 6.98. The Kier molecular flexibility index (Phi) is 3.95. The lowest BCUT2D eigenvalue weighted by Crippen LogP contribution is -2.18. The molecule has 0 saturated heterocycles. The van der Waals surface area contributed by atoms with Gasteiger partial charge in [0.05, 0.1) is 6.61 Å². The van der Waals surface area contributed by atoms with Crippen LogP contribution in [0.3, 0.4) is 0 Å². The summed E-state index contributed by atoms with van der Waals surface area (Å²) in [6.45, 7) is 2.50. The number of nitrogens with one attached hydrogen (secondary N) is 1. The van der Waals surface area contributed by atoms with Crippen LogP contribution in [0.1, 0.15) is 5.56 Å². The third-order valence-corrected chi connectivity index (χ3v) is 3.62. The highest BCUT2D eigenvalue weighted by molar-refractivity contribution is 5.97. The van der Waals surface area contributed by atoms with Crippen LogP contribution in [0.2, 0.25) is 0 Å². The molecule has 0 fully saturated rings. The second kappa shape index (κ2) is 6.04. The second-order valence-electron chi connectivity index (χ2n) is 5.01. The number of hydrogen-bond acceptors (Lipinski definition) is 2. The van der Waals surface area contributed by atoms with Crippen molar-refractivity contribution in [2.45, 2.75) is 6.54 Å². The molecule has 20 heavy (non-hydrogen) atoms. The Bertz CT molecular complexity index is 677. The van der Waals surface area contributed by atoms with Crippen LogP contribution in [0.15, 0.2) is 54.6 Å². The average molecular weight is 265 g/mol. The summed E-state index contributed by atoms with van der Waals surface area (Å²) < 4.78 is 5.04. The predicted molar refractivity (Wildman–Crippen MR) is 84.2 cm³/mol. The van der Waals surface area contributed by atoms with Gasteiger partial charge in [0.2, 0.25) is 0 Å². The summed E-state index contributed by atoms with van der Waals surface area (Å²) in [6, 6.07) is 19.7. The molecule has 1 aromatic rings. The number of ether oxygens (including phenoxy) is 1. The van der Waals surface area contributed by atoms with Crippen LogP contribution in [-0.2, 0) is 11.3 Å². The Labute approximate surface area is 119 Å². The van der Waals surface area contributed by atoms with E-state index in [0.29, 0.717) is 0 Å². The van der Waals surface area contributed by atoms with Gasteiger partial charge in [0, 0.05) is 20.2 Å². The molecule has 0 saturated carbocycles. The van der Waals surface area contributed by atoms with E-state index < -0.39 is 0 Å². The van der Waals surface area contributed by atoms with Gasteiger partial charge in [-0.15, -0.1) is 0 Å². The quantitative estimate of drug-likeness (QED) is 0.711. The highest BCUT2D eigenvalue weighted by Gasteiger charge is 2.05. The van der Waals surface area contributed by atoms with Gasteiger partial charge < -0.3 is 10.1 Å². The summed E-state index contributed by atoms with van der Waals surface area (Å²) in [4.78, 5) is 0. The van der Waals surface area contributed by atoms with Crippen molar-refractivity contribution in [1.29, 1.82) is 0 Å². The molecule has 102 valence electrons. The molecule has 1 aromatic carbocycles. The first-order valence-electron chi connectivity index (χ1n) is 6.98. The van der Waals surface area contributed by atoms with E-state index in [0.717, 1.165) is 19.7 Å². The van der Waals surface area contributed by atoms with E-state index in [1.54, 1.807) is 7.11 Å². The van der Waals surface area contributed by atoms with E-state index in [-0.39, 0.29) is 0 Å². The second-order valence-corrected chi connectivity index (χ2v) is 5.01. The summed E-state index contributed by atoms with van der Waals surface area (Å²) in [5.41, 5.74) is 3.93. The van der Waals surface area contributed by atoms with Crippen molar-refractivity contribution < 1.29 is 4.74 Å². The van der Waals surface area contributed by atoms with Gasteiger partial charge in [-0.25, -0.2) is 0 Å². The molecular formula is C18H19NO. The van der Waals surface area contributed by atoms with Gasteiger partial charge in [0.25, 0.3) is 0 Å². The molecule has 0 amide bonds. The fourth-order valence-electron chi connectivity index (χ4n) is 2.59. The standard InChI is InChI=1S/C18H19NO/c1-20-11-10-19-13-14-8-9-18-16(12-14)6-2-4-15-5-3-7-17(15)18/h2-9,12,19H,10-11,13H2,1H3. The summed E-state index contributed by atoms with van der Waals surface area (Å²) >= 11 is 0. The molecule has 0 bridgehead atoms. The minimum atomic E-state index is 0.747. The summed E-state index contributed by atoms with van der Waals surface area (Å²) in [5, 5.41) is 5.99. The van der Waals surface area contributed by atoms with Gasteiger partial charge in [0.15, 0.2) is 0 Å². The van der Waals surface area contributed by atoms with Crippen LogP contribution in [0, 0.1) is 0 Å². The van der Waals surface area contributed by atoms with E-state index in [1.165, 1.54) is 27.5 Å². The van der Waals surface area contributed by atoms with Crippen molar-refractivity contribution in [2.24, 2.45) is 0 Å². The molecule has 3 rings (SSSR count). The lowest BCUT2D eigenvalue weighted by Gasteiger charge is -2.06. The predicted octanol–water partition coefficient (Wildman–Crippen LogP) is 3.68. The topological polar surface area (TPSA) is 21.3 Å². The van der Waals surface area contributed by atoms with Gasteiger partial charge in [-0.1, -0.05) is 48.5 Å². The molecular weight excluding hydrogens is 246 g/mol. The third kappa shape index (κ3) is 2.67. The maximum absolute atomic E-state index is 5.04. The fourth-order valence-corrected chi connectivity index (χ4v) is 2.59. The van der Waals surface area contributed by atoms with Crippen LogP contribution in [0.4, 0.5) is 0 Å². The fraction of sp³-hybridized carbons (Fsp3) is 0.222. The van der Waals surface area contributed by atoms with Crippen molar-refractivity contribution >= 4 is 10.8 Å². The van der Waals surface area contributed by atoms with E-state index in [2.05, 4.69) is 59.9 Å². The highest BCUT2D eigenvalue weighted by atomic mass is 16.5. The largest absolute Gasteiger partial charge is 0.383 e. The van der Waals surface area contributed by atoms with Crippen molar-refractivity contribution in [3.63, 3.8) is 0 Å². The normalized spacial score (nSPS) is 11.2. The minimum Gasteiger partial charge on any atom is -0.383 e. The van der Waals surface area contributed by atoms with E-state index in [4.69, 9.17) is 4.74 Å². The molecule has 0 aliphatic heterocycles. The first-order chi connectivity index (χ1) is 9.88. The Morgan fingerprint density at radius 2 is 1.85 bits per heavy atom. The number of rotatable bonds is 5. The van der Waals surface area contributed by atoms with Crippen molar-refractivity contribution in [1.82, 2.24) is 5.32 Å². The molecule has 2 aliphatic carbocycles. The van der Waals surface area contributed by atoms with Gasteiger partial charge in [-0.05, 0) is 33.5 Å². The Morgan fingerprint density at radius 1 is 1.00 bits per heavy atom. The van der Waals surface area contributed by atoms with E-state index in [9.17, 15) is 0 Å². The molecule has 2 heteroatoms. The first kappa shape index (κ1) is 13.1. The smallest absolute Gasteiger partial charge is 0.0587 e. The molecule has 0 aromatic heterocycles. The summed E-state index contributed by atoms with van der Waals surface area (Å²) in [5.74, 6) is 0. The molecule has 2 nitrogen and oxygen atoms in total. The van der Waals surface area contributed by atoms with E-state index >= 15 is 0 Å². The number of benzene rings is 1. The average Bonchev–Trinajstić information content (AvgIpc) is 2.86. The molecule has 2 aliphatic rings. The molecule has 1 N–H and O–H groups in total. The van der Waals surface area contributed by atoms with Gasteiger partial charge >= 0.3 is 0 Å². The molecule has 0 heterocycles. The Hall–Kier alpha value is -1.90. The van der Waals surface area contributed by atoms with Crippen molar-refractivity contribution in [3.8, 4) is 11.1 Å². The highest BCUT2D eigenvalue weighted by Crippen LogP contribution is 2.30. The maximum Gasteiger partial charge on any atom is 0.0587 e.